The number of hydrogen-bond donors (Lipinski definition) is 0. The van der Waals surface area contributed by atoms with E-state index in [0.717, 1.165) is 34.7 Å². The molecule has 3 nitrogen and oxygen atoms in total. The van der Waals surface area contributed by atoms with Gasteiger partial charge in [0.2, 0.25) is 0 Å². The summed E-state index contributed by atoms with van der Waals surface area (Å²) in [6, 6.07) is 60.0. The summed E-state index contributed by atoms with van der Waals surface area (Å²) in [6.45, 7) is 0. The molecule has 0 unspecified atom stereocenters. The zero-order valence-corrected chi connectivity index (χ0v) is 32.3. The van der Waals surface area contributed by atoms with Crippen LogP contribution in [0, 0.1) is 0 Å². The van der Waals surface area contributed by atoms with Gasteiger partial charge in [-0.05, 0) is 132 Å². The molecule has 2 aliphatic carbocycles. The van der Waals surface area contributed by atoms with Crippen LogP contribution >= 0.6 is 0 Å². The fourth-order valence-electron chi connectivity index (χ4n) is 9.44. The van der Waals surface area contributed by atoms with Crippen LogP contribution in [0.25, 0.3) is 107 Å². The van der Waals surface area contributed by atoms with Crippen molar-refractivity contribution >= 4 is 67.9 Å². The first-order valence-electron chi connectivity index (χ1n) is 20.3. The van der Waals surface area contributed by atoms with Crippen molar-refractivity contribution in [3.8, 4) is 39.3 Å². The van der Waals surface area contributed by atoms with Crippen molar-refractivity contribution in [1.82, 2.24) is 13.7 Å². The third kappa shape index (κ3) is 5.30. The Labute approximate surface area is 342 Å². The van der Waals surface area contributed by atoms with Gasteiger partial charge in [0, 0.05) is 49.7 Å². The number of rotatable bonds is 5. The highest BCUT2D eigenvalue weighted by Crippen LogP contribution is 2.41. The van der Waals surface area contributed by atoms with Gasteiger partial charge < -0.3 is 13.7 Å². The Bertz CT molecular complexity index is 3430. The van der Waals surface area contributed by atoms with Gasteiger partial charge in [-0.25, -0.2) is 0 Å². The molecule has 12 rings (SSSR count). The van der Waals surface area contributed by atoms with Crippen molar-refractivity contribution < 1.29 is 0 Å². The van der Waals surface area contributed by atoms with Crippen LogP contribution in [0.1, 0.15) is 28.9 Å². The van der Waals surface area contributed by atoms with E-state index in [1.165, 1.54) is 77.1 Å². The lowest BCUT2D eigenvalue weighted by Gasteiger charge is -2.15. The summed E-state index contributed by atoms with van der Waals surface area (Å²) in [5.41, 5.74) is 21.1. The van der Waals surface area contributed by atoms with E-state index >= 15 is 0 Å². The molecule has 276 valence electrons. The molecule has 59 heavy (non-hydrogen) atoms. The van der Waals surface area contributed by atoms with Gasteiger partial charge in [-0.3, -0.25) is 0 Å². The monoisotopic (exact) mass is 751 g/mol. The molecule has 2 aliphatic rings. The summed E-state index contributed by atoms with van der Waals surface area (Å²) >= 11 is 0. The third-order valence-electron chi connectivity index (χ3n) is 12.0. The molecule has 0 bridgehead atoms. The number of benzene rings is 7. The molecule has 3 aromatic heterocycles. The summed E-state index contributed by atoms with van der Waals surface area (Å²) in [5.74, 6) is 0. The molecule has 0 spiro atoms. The van der Waals surface area contributed by atoms with E-state index in [1.807, 2.05) is 6.08 Å². The van der Waals surface area contributed by atoms with Crippen molar-refractivity contribution in [2.45, 2.75) is 6.42 Å². The molecular weight excluding hydrogens is 715 g/mol. The van der Waals surface area contributed by atoms with Gasteiger partial charge in [-0.15, -0.1) is 5.73 Å². The zero-order chi connectivity index (χ0) is 38.9. The Hall–Kier alpha value is -7.84. The highest BCUT2D eigenvalue weighted by molar-refractivity contribution is 6.09. The molecule has 3 heteroatoms. The van der Waals surface area contributed by atoms with Gasteiger partial charge in [0.15, 0.2) is 0 Å². The van der Waals surface area contributed by atoms with Crippen LogP contribution in [0.15, 0.2) is 194 Å². The summed E-state index contributed by atoms with van der Waals surface area (Å²) in [5, 5.41) is 4.94. The van der Waals surface area contributed by atoms with E-state index < -0.39 is 0 Å². The molecule has 10 aromatic rings. The van der Waals surface area contributed by atoms with Crippen molar-refractivity contribution in [1.29, 1.82) is 0 Å². The van der Waals surface area contributed by atoms with Gasteiger partial charge in [0.05, 0.1) is 33.5 Å². The fraction of sp³-hybridized carbons (Fsp3) is 0.0179. The molecule has 3 heterocycles. The number of allylic oxidation sites excluding steroid dienone is 4. The summed E-state index contributed by atoms with van der Waals surface area (Å²) < 4.78 is 7.21. The molecule has 0 saturated carbocycles. The van der Waals surface area contributed by atoms with Crippen LogP contribution in [0.5, 0.6) is 0 Å². The highest BCUT2D eigenvalue weighted by Gasteiger charge is 2.21. The molecule has 0 saturated heterocycles. The number of hydrogen-bond acceptors (Lipinski definition) is 0. The molecule has 0 atom stereocenters. The second kappa shape index (κ2) is 13.4. The lowest BCUT2D eigenvalue weighted by atomic mass is 9.95. The maximum atomic E-state index is 3.40. The van der Waals surface area contributed by atoms with Gasteiger partial charge in [0.1, 0.15) is 0 Å². The maximum absolute atomic E-state index is 3.40. The van der Waals surface area contributed by atoms with E-state index in [-0.39, 0.29) is 0 Å². The Morgan fingerprint density at radius 1 is 0.373 bits per heavy atom. The van der Waals surface area contributed by atoms with Crippen LogP contribution in [-0.4, -0.2) is 13.7 Å². The lowest BCUT2D eigenvalue weighted by Crippen LogP contribution is -1.97. The largest absolute Gasteiger partial charge is 0.309 e. The Kier molecular flexibility index (Phi) is 7.56. The Morgan fingerprint density at radius 2 is 0.898 bits per heavy atom. The molecular formula is C56H37N3. The molecule has 0 amide bonds. The van der Waals surface area contributed by atoms with Gasteiger partial charge in [0.25, 0.3) is 0 Å². The first kappa shape index (κ1) is 33.3. The average molecular weight is 752 g/mol. The second-order valence-electron chi connectivity index (χ2n) is 15.4. The van der Waals surface area contributed by atoms with Crippen molar-refractivity contribution in [3.63, 3.8) is 0 Å². The van der Waals surface area contributed by atoms with Gasteiger partial charge >= 0.3 is 0 Å². The number of para-hydroxylation sites is 4. The average Bonchev–Trinajstić information content (AvgIpc) is 3.71. The quantitative estimate of drug-likeness (QED) is 0.156. The summed E-state index contributed by atoms with van der Waals surface area (Å²) in [4.78, 5) is 0. The van der Waals surface area contributed by atoms with Gasteiger partial charge in [-0.2, -0.15) is 0 Å². The normalized spacial score (nSPS) is 13.1. The standard InChI is InChI=1S/C56H37N3/c1-5-17-42(18-6-1)57-53-25-11-3-9-21-47(53)49-36-38(29-31-55(49)57)40-33-41(35-44(34-40)59-51-27-15-13-23-45(51)46-24-14-16-28-52(46)59)39-30-32-56-50(37-39)48-22-10-4-12-26-54(48)58(56)43-19-7-2-8-20-43/h1-3,5-8,10-37H,4H2. The van der Waals surface area contributed by atoms with Crippen LogP contribution in [0.3, 0.4) is 0 Å². The minimum Gasteiger partial charge on any atom is -0.309 e. The summed E-state index contributed by atoms with van der Waals surface area (Å²) in [7, 11) is 0. The lowest BCUT2D eigenvalue weighted by molar-refractivity contribution is 1.10. The molecule has 0 aliphatic heterocycles. The number of aromatic nitrogens is 3. The molecule has 0 N–H and O–H groups in total. The van der Waals surface area contributed by atoms with Crippen molar-refractivity contribution in [2.75, 3.05) is 0 Å². The molecule has 7 aromatic carbocycles. The van der Waals surface area contributed by atoms with Crippen LogP contribution in [0.4, 0.5) is 0 Å². The van der Waals surface area contributed by atoms with E-state index in [0.29, 0.717) is 0 Å². The first-order valence-corrected chi connectivity index (χ1v) is 20.3. The second-order valence-corrected chi connectivity index (χ2v) is 15.4. The predicted octanol–water partition coefficient (Wildman–Crippen LogP) is 14.6. The fourth-order valence-corrected chi connectivity index (χ4v) is 9.44. The van der Waals surface area contributed by atoms with Crippen LogP contribution in [-0.2, 0) is 0 Å². The number of fused-ring (bicyclic) bond motifs is 9. The number of nitrogens with zero attached hydrogens (tertiary/aromatic N) is 3. The van der Waals surface area contributed by atoms with E-state index in [2.05, 4.69) is 226 Å². The third-order valence-corrected chi connectivity index (χ3v) is 12.0. The van der Waals surface area contributed by atoms with Crippen molar-refractivity contribution in [3.05, 3.63) is 216 Å². The molecule has 0 fully saturated rings. The van der Waals surface area contributed by atoms with E-state index in [4.69, 9.17) is 0 Å². The maximum Gasteiger partial charge on any atom is 0.0547 e. The predicted molar refractivity (Wildman–Crippen MR) is 250 cm³/mol. The first-order chi connectivity index (χ1) is 29.3. The Morgan fingerprint density at radius 3 is 1.53 bits per heavy atom. The highest BCUT2D eigenvalue weighted by atomic mass is 15.0. The minimum absolute atomic E-state index is 0.916. The molecule has 0 radical (unpaired) electrons. The Balaban J connectivity index is 1.12. The smallest absolute Gasteiger partial charge is 0.0547 e. The van der Waals surface area contributed by atoms with E-state index in [9.17, 15) is 0 Å². The zero-order valence-electron chi connectivity index (χ0n) is 32.3. The van der Waals surface area contributed by atoms with E-state index in [1.54, 1.807) is 0 Å². The topological polar surface area (TPSA) is 14.8 Å². The minimum atomic E-state index is 0.916. The van der Waals surface area contributed by atoms with Crippen molar-refractivity contribution in [2.24, 2.45) is 0 Å². The van der Waals surface area contributed by atoms with Gasteiger partial charge in [-0.1, -0.05) is 109 Å². The van der Waals surface area contributed by atoms with Crippen LogP contribution < -0.4 is 0 Å². The van der Waals surface area contributed by atoms with Crippen LogP contribution in [0.2, 0.25) is 0 Å². The summed E-state index contributed by atoms with van der Waals surface area (Å²) in [6.07, 6.45) is 18.4. The SMILES string of the molecule is C1=CC=Cc2c(c3cc(-c4cc(-c5ccc6c(c5)c5c(n6-c6ccccc6)C=CCC=C5)cc(-n5c6ccccc6c6ccccc65)c4)ccc3n2-c2ccccc2)C=1.